The molecule has 41 heavy (non-hydrogen) atoms. The quantitative estimate of drug-likeness (QED) is 0.0825. The largest absolute Gasteiger partial charge is 0.465 e. The Kier molecular flexibility index (Phi) is 10.8. The van der Waals surface area contributed by atoms with Gasteiger partial charge in [-0.05, 0) is 91.8 Å². The monoisotopic (exact) mass is 575 g/mol. The fourth-order valence-corrected chi connectivity index (χ4v) is 6.31. The molecule has 0 bridgehead atoms. The molecule has 2 unspecified atom stereocenters. The Bertz CT molecular complexity index is 1360. The molecule has 2 atom stereocenters. The topological polar surface area (TPSA) is 95.7 Å². The molecule has 2 aromatic carbocycles. The molecule has 1 aliphatic rings. The van der Waals surface area contributed by atoms with E-state index in [1.165, 1.54) is 58.7 Å². The molecule has 7 nitrogen and oxygen atoms in total. The highest BCUT2D eigenvalue weighted by Gasteiger charge is 2.23. The first-order chi connectivity index (χ1) is 19.9. The van der Waals surface area contributed by atoms with Gasteiger partial charge in [0.25, 0.3) is 5.69 Å². The highest BCUT2D eigenvalue weighted by molar-refractivity contribution is 7.13. The minimum absolute atomic E-state index is 0.0598. The molecule has 1 aromatic heterocycles. The van der Waals surface area contributed by atoms with Gasteiger partial charge in [0.2, 0.25) is 0 Å². The van der Waals surface area contributed by atoms with Crippen molar-refractivity contribution in [2.75, 3.05) is 7.11 Å². The fourth-order valence-electron chi connectivity index (χ4n) is 5.34. The maximum absolute atomic E-state index is 12.9. The van der Waals surface area contributed by atoms with Crippen LogP contribution in [0.4, 0.5) is 5.69 Å². The van der Waals surface area contributed by atoms with E-state index in [0.29, 0.717) is 16.4 Å². The van der Waals surface area contributed by atoms with Gasteiger partial charge >= 0.3 is 11.9 Å². The molecule has 0 saturated heterocycles. The minimum atomic E-state index is -0.486. The number of non-ortho nitro benzene ring substituents is 1. The van der Waals surface area contributed by atoms with Gasteiger partial charge in [-0.25, -0.2) is 9.59 Å². The summed E-state index contributed by atoms with van der Waals surface area (Å²) in [5, 5.41) is 10.9. The Morgan fingerprint density at radius 2 is 1.76 bits per heavy atom. The second kappa shape index (κ2) is 14.7. The Hall–Kier alpha value is -3.78. The molecule has 0 N–H and O–H groups in total. The number of carbonyl (C=O) groups is 2. The van der Waals surface area contributed by atoms with Crippen LogP contribution >= 0.6 is 11.3 Å². The number of methoxy groups -OCH3 is 1. The van der Waals surface area contributed by atoms with Crippen molar-refractivity contribution in [3.05, 3.63) is 103 Å². The molecule has 8 heteroatoms. The van der Waals surface area contributed by atoms with E-state index < -0.39 is 10.9 Å². The standard InChI is InChI=1S/C33H37NO6S/c1-3-4-5-12-30(40-32(35)26-17-19-27(20-18-26)34(37)38)25-15-13-24(14-16-25)29-11-7-9-23(29)8-6-10-28-21-22-31(41-28)33(36)39-2/h11,13-23,30H,3-10,12H2,1-2H3. The van der Waals surface area contributed by atoms with E-state index in [-0.39, 0.29) is 17.8 Å². The van der Waals surface area contributed by atoms with Gasteiger partial charge in [-0.15, -0.1) is 11.3 Å². The molecular formula is C33H37NO6S. The summed E-state index contributed by atoms with van der Waals surface area (Å²) < 4.78 is 10.7. The van der Waals surface area contributed by atoms with Crippen LogP contribution in [0.25, 0.3) is 5.57 Å². The summed E-state index contributed by atoms with van der Waals surface area (Å²) in [6.45, 7) is 2.14. The smallest absolute Gasteiger partial charge is 0.348 e. The lowest BCUT2D eigenvalue weighted by Gasteiger charge is -2.20. The zero-order valence-corrected chi connectivity index (χ0v) is 24.5. The number of benzene rings is 2. The Morgan fingerprint density at radius 3 is 2.44 bits per heavy atom. The molecular weight excluding hydrogens is 538 g/mol. The van der Waals surface area contributed by atoms with Crippen molar-refractivity contribution >= 4 is 34.5 Å². The fraction of sp³-hybridized carbons (Fsp3) is 0.394. The molecule has 1 aliphatic carbocycles. The van der Waals surface area contributed by atoms with Gasteiger partial charge in [0.1, 0.15) is 11.0 Å². The Balaban J connectivity index is 1.38. The second-order valence-electron chi connectivity index (χ2n) is 10.4. The lowest BCUT2D eigenvalue weighted by molar-refractivity contribution is -0.384. The predicted molar refractivity (Wildman–Crippen MR) is 161 cm³/mol. The van der Waals surface area contributed by atoms with Crippen LogP contribution in [0.15, 0.2) is 66.7 Å². The van der Waals surface area contributed by atoms with Crippen LogP contribution in [0.1, 0.15) is 100 Å². The third kappa shape index (κ3) is 8.13. The average Bonchev–Trinajstić information content (AvgIpc) is 3.66. The van der Waals surface area contributed by atoms with E-state index >= 15 is 0 Å². The van der Waals surface area contributed by atoms with Gasteiger partial charge < -0.3 is 9.47 Å². The molecule has 0 saturated carbocycles. The number of rotatable bonds is 14. The molecule has 4 rings (SSSR count). The van der Waals surface area contributed by atoms with Gasteiger partial charge in [0.05, 0.1) is 17.6 Å². The molecule has 3 aromatic rings. The summed E-state index contributed by atoms with van der Waals surface area (Å²) in [5.74, 6) is -0.255. The summed E-state index contributed by atoms with van der Waals surface area (Å²) >= 11 is 1.51. The zero-order valence-electron chi connectivity index (χ0n) is 23.7. The minimum Gasteiger partial charge on any atom is -0.465 e. The van der Waals surface area contributed by atoms with Crippen LogP contribution in [0.2, 0.25) is 0 Å². The van der Waals surface area contributed by atoms with Gasteiger partial charge in [-0.3, -0.25) is 10.1 Å². The van der Waals surface area contributed by atoms with E-state index in [4.69, 9.17) is 9.47 Å². The number of nitrogens with zero attached hydrogens (tertiary/aromatic N) is 1. The molecule has 1 heterocycles. The van der Waals surface area contributed by atoms with Crippen LogP contribution < -0.4 is 0 Å². The summed E-state index contributed by atoms with van der Waals surface area (Å²) in [5.41, 5.74) is 3.78. The number of nitro groups is 1. The lowest BCUT2D eigenvalue weighted by atomic mass is 9.89. The number of aryl methyl sites for hydroxylation is 1. The molecule has 216 valence electrons. The van der Waals surface area contributed by atoms with Crippen molar-refractivity contribution in [2.45, 2.75) is 70.8 Å². The van der Waals surface area contributed by atoms with Crippen molar-refractivity contribution in [2.24, 2.45) is 5.92 Å². The van der Waals surface area contributed by atoms with E-state index in [9.17, 15) is 19.7 Å². The van der Waals surface area contributed by atoms with Crippen LogP contribution in [0, 0.1) is 16.0 Å². The Labute approximate surface area is 245 Å². The van der Waals surface area contributed by atoms with Crippen molar-refractivity contribution < 1.29 is 24.0 Å². The van der Waals surface area contributed by atoms with Crippen LogP contribution in [-0.2, 0) is 15.9 Å². The van der Waals surface area contributed by atoms with Crippen LogP contribution in [0.3, 0.4) is 0 Å². The third-order valence-corrected chi connectivity index (χ3v) is 8.72. The first-order valence-corrected chi connectivity index (χ1v) is 15.1. The molecule has 0 amide bonds. The zero-order chi connectivity index (χ0) is 29.2. The number of esters is 2. The number of hydrogen-bond acceptors (Lipinski definition) is 7. The van der Waals surface area contributed by atoms with Gasteiger partial charge in [-0.1, -0.05) is 50.1 Å². The van der Waals surface area contributed by atoms with E-state index in [1.54, 1.807) is 0 Å². The van der Waals surface area contributed by atoms with Gasteiger partial charge in [-0.2, -0.15) is 0 Å². The van der Waals surface area contributed by atoms with Crippen molar-refractivity contribution in [3.8, 4) is 0 Å². The number of ether oxygens (including phenoxy) is 2. The third-order valence-electron chi connectivity index (χ3n) is 7.59. The SMILES string of the molecule is CCCCCC(OC(=O)c1ccc([N+](=O)[O-])cc1)c1ccc(C2=CCCC2CCCc2ccc(C(=O)OC)s2)cc1. The predicted octanol–water partition coefficient (Wildman–Crippen LogP) is 8.74. The number of nitro benzene ring substituents is 1. The number of carbonyl (C=O) groups excluding carboxylic acids is 2. The first kappa shape index (κ1) is 30.2. The second-order valence-corrected chi connectivity index (χ2v) is 11.6. The molecule has 0 fully saturated rings. The van der Waals surface area contributed by atoms with Crippen molar-refractivity contribution in [1.29, 1.82) is 0 Å². The molecule has 0 spiro atoms. The summed E-state index contributed by atoms with van der Waals surface area (Å²) in [7, 11) is 1.41. The van der Waals surface area contributed by atoms with Crippen molar-refractivity contribution in [1.82, 2.24) is 0 Å². The normalized spacial score (nSPS) is 15.3. The molecule has 0 aliphatic heterocycles. The highest BCUT2D eigenvalue weighted by Crippen LogP contribution is 2.38. The summed E-state index contributed by atoms with van der Waals surface area (Å²) in [6, 6.07) is 17.8. The average molecular weight is 576 g/mol. The van der Waals surface area contributed by atoms with Crippen LogP contribution in [-0.4, -0.2) is 24.0 Å². The molecule has 0 radical (unpaired) electrons. The first-order valence-electron chi connectivity index (χ1n) is 14.3. The van der Waals surface area contributed by atoms with E-state index in [1.807, 2.05) is 12.1 Å². The maximum atomic E-state index is 12.9. The summed E-state index contributed by atoms with van der Waals surface area (Å²) in [6.07, 6.45) is 11.0. The van der Waals surface area contributed by atoms with Gasteiger partial charge in [0, 0.05) is 17.0 Å². The van der Waals surface area contributed by atoms with Crippen LogP contribution in [0.5, 0.6) is 0 Å². The van der Waals surface area contributed by atoms with E-state index in [0.717, 1.165) is 63.4 Å². The van der Waals surface area contributed by atoms with Crippen molar-refractivity contribution in [3.63, 3.8) is 0 Å². The number of hydrogen-bond donors (Lipinski definition) is 0. The summed E-state index contributed by atoms with van der Waals surface area (Å²) in [4.78, 5) is 36.9. The maximum Gasteiger partial charge on any atom is 0.348 e. The van der Waals surface area contributed by atoms with Gasteiger partial charge in [0.15, 0.2) is 0 Å². The number of unbranched alkanes of at least 4 members (excludes halogenated alkanes) is 2. The Morgan fingerprint density at radius 1 is 1.00 bits per heavy atom. The number of thiophene rings is 1. The van der Waals surface area contributed by atoms with E-state index in [2.05, 4.69) is 37.3 Å². The number of allylic oxidation sites excluding steroid dienone is 2. The highest BCUT2D eigenvalue weighted by atomic mass is 32.1. The lowest BCUT2D eigenvalue weighted by Crippen LogP contribution is -2.12.